The van der Waals surface area contributed by atoms with Crippen molar-refractivity contribution in [1.29, 1.82) is 0 Å². The zero-order valence-corrected chi connectivity index (χ0v) is 41.3. The lowest BCUT2D eigenvalue weighted by atomic mass is 9.88. The van der Waals surface area contributed by atoms with E-state index in [1.165, 1.54) is 24.3 Å². The van der Waals surface area contributed by atoms with Gasteiger partial charge in [0.15, 0.2) is 0 Å². The van der Waals surface area contributed by atoms with Gasteiger partial charge in [-0.1, -0.05) is 217 Å². The lowest BCUT2D eigenvalue weighted by Gasteiger charge is -2.16. The molecule has 8 aromatic rings. The Morgan fingerprint density at radius 2 is 0.362 bits per heavy atom. The summed E-state index contributed by atoms with van der Waals surface area (Å²) in [5.74, 6) is 24.3. The molecule has 0 aromatic heterocycles. The number of alkyl halides is 12. The molecule has 0 fully saturated rings. The predicted octanol–water partition coefficient (Wildman–Crippen LogP) is 18.1. The van der Waals surface area contributed by atoms with Crippen LogP contribution in [0.2, 0.25) is 0 Å². The summed E-state index contributed by atoms with van der Waals surface area (Å²) in [4.78, 5) is 0. The Morgan fingerprint density at radius 3 is 0.537 bits per heavy atom. The van der Waals surface area contributed by atoms with E-state index in [9.17, 15) is 52.7 Å². The van der Waals surface area contributed by atoms with Crippen molar-refractivity contribution in [3.05, 3.63) is 307 Å². The molecule has 392 valence electrons. The summed E-state index contributed by atoms with van der Waals surface area (Å²) in [5.41, 5.74) is -3.87. The van der Waals surface area contributed by atoms with Gasteiger partial charge in [0.25, 0.3) is 0 Å². The van der Waals surface area contributed by atoms with Crippen LogP contribution in [-0.2, 0) is 24.7 Å². The van der Waals surface area contributed by atoms with Gasteiger partial charge in [-0.2, -0.15) is 52.7 Å². The first kappa shape index (κ1) is 54.9. The van der Waals surface area contributed by atoms with E-state index in [0.29, 0.717) is 33.4 Å². The van der Waals surface area contributed by atoms with Crippen LogP contribution in [-0.4, -0.2) is 0 Å². The van der Waals surface area contributed by atoms with Gasteiger partial charge in [-0.25, -0.2) is 0 Å². The summed E-state index contributed by atoms with van der Waals surface area (Å²) in [6.45, 7) is 0. The Hall–Kier alpha value is -9.88. The average molecular weight is 1080 g/mol. The maximum atomic E-state index is 14.6. The minimum absolute atomic E-state index is 0.0635. The minimum Gasteiger partial charge on any atom is -0.166 e. The van der Waals surface area contributed by atoms with Crippen LogP contribution >= 0.6 is 0 Å². The Kier molecular flexibility index (Phi) is 15.8. The molecule has 12 heteroatoms. The largest absolute Gasteiger partial charge is 0.416 e. The summed E-state index contributed by atoms with van der Waals surface area (Å²) in [6.07, 6.45) is -19.6. The number of benzene rings is 8. The topological polar surface area (TPSA) is 0 Å². The highest BCUT2D eigenvalue weighted by Gasteiger charge is 2.35. The smallest absolute Gasteiger partial charge is 0.166 e. The minimum atomic E-state index is -4.91. The van der Waals surface area contributed by atoms with Gasteiger partial charge in [0.05, 0.1) is 44.5 Å². The van der Waals surface area contributed by atoms with Gasteiger partial charge in [0.1, 0.15) is 0 Å². The zero-order valence-electron chi connectivity index (χ0n) is 41.3. The van der Waals surface area contributed by atoms with Gasteiger partial charge < -0.3 is 0 Å². The lowest BCUT2D eigenvalue weighted by molar-refractivity contribution is -0.138. The number of hydrogen-bond donors (Lipinski definition) is 0. The first-order valence-electron chi connectivity index (χ1n) is 24.2. The number of halogens is 12. The van der Waals surface area contributed by atoms with Crippen molar-refractivity contribution in [2.24, 2.45) is 0 Å². The van der Waals surface area contributed by atoms with Crippen LogP contribution in [0.1, 0.15) is 66.8 Å². The molecule has 0 bridgehead atoms. The number of rotatable bonds is 8. The molecule has 0 atom stereocenters. The highest BCUT2D eigenvalue weighted by molar-refractivity contribution is 5.95. The molecule has 0 spiro atoms. The lowest BCUT2D eigenvalue weighted by Crippen LogP contribution is -2.07. The number of hydrogen-bond acceptors (Lipinski definition) is 0. The first-order chi connectivity index (χ1) is 38.2. The normalized spacial score (nSPS) is 12.7. The van der Waals surface area contributed by atoms with E-state index in [1.54, 1.807) is 121 Å². The first-order valence-corrected chi connectivity index (χ1v) is 24.2. The maximum Gasteiger partial charge on any atom is 0.416 e. The molecule has 0 heterocycles. The molecule has 1 aliphatic rings. The molecule has 0 saturated heterocycles. The Balaban J connectivity index is 1.53. The molecule has 80 heavy (non-hydrogen) atoms. The van der Waals surface area contributed by atoms with Gasteiger partial charge in [0.2, 0.25) is 0 Å². The molecule has 0 saturated carbocycles. The Labute approximate surface area is 452 Å². The standard InChI is InChI=1S/C68H36F12/c69-65(70,71)57-29-13-25-53(41-57)63(54-26-14-30-58(42-54)66(72,73)74)51-37-33-49(61(45-17-5-1-6-18-45)46-19-7-2-8-20-46)34-38-52(40-36-50(35-39-51)62(47-21-9-3-10-22-47)48-23-11-4-12-24-48)64(55-27-15-31-59(43-55)67(75,76)77)56-28-16-32-60(44-56)68(78,79)80/h1-32,41-44H. The molecule has 0 unspecified atom stereocenters. The van der Waals surface area contributed by atoms with Crippen molar-refractivity contribution in [3.63, 3.8) is 0 Å². The highest BCUT2D eigenvalue weighted by Crippen LogP contribution is 2.40. The van der Waals surface area contributed by atoms with E-state index in [4.69, 9.17) is 0 Å². The van der Waals surface area contributed by atoms with Crippen LogP contribution in [0.15, 0.2) is 241 Å². The molecule has 0 aliphatic heterocycles. The number of allylic oxidation sites excluding steroid dienone is 4. The van der Waals surface area contributed by atoms with Crippen LogP contribution in [0.5, 0.6) is 0 Å². The second-order valence-electron chi connectivity index (χ2n) is 17.8. The van der Waals surface area contributed by atoms with E-state index in [2.05, 4.69) is 47.4 Å². The summed E-state index contributed by atoms with van der Waals surface area (Å²) >= 11 is 0. The van der Waals surface area contributed by atoms with Crippen molar-refractivity contribution in [2.45, 2.75) is 24.7 Å². The molecule has 8 aromatic carbocycles. The van der Waals surface area contributed by atoms with Crippen molar-refractivity contribution in [3.8, 4) is 47.4 Å². The summed E-state index contributed by atoms with van der Waals surface area (Å²) < 4.78 is 175. The fourth-order valence-corrected chi connectivity index (χ4v) is 8.77. The van der Waals surface area contributed by atoms with Crippen LogP contribution in [0.3, 0.4) is 0 Å². The molecule has 0 nitrogen and oxygen atoms in total. The zero-order chi connectivity index (χ0) is 56.7. The van der Waals surface area contributed by atoms with Gasteiger partial charge in [0, 0.05) is 22.3 Å². The van der Waals surface area contributed by atoms with Crippen LogP contribution in [0, 0.1) is 47.4 Å². The summed E-state index contributed by atoms with van der Waals surface area (Å²) in [7, 11) is 0. The van der Waals surface area contributed by atoms with Gasteiger partial charge in [-0.05, 0) is 93.0 Å². The molecular formula is C68H36F12. The van der Waals surface area contributed by atoms with Gasteiger partial charge in [-0.3, -0.25) is 0 Å². The van der Waals surface area contributed by atoms with Crippen LogP contribution < -0.4 is 0 Å². The monoisotopic (exact) mass is 1080 g/mol. The third-order valence-electron chi connectivity index (χ3n) is 12.4. The average Bonchev–Trinajstić information content (AvgIpc) is 3.45. The molecule has 0 N–H and O–H groups in total. The van der Waals surface area contributed by atoms with E-state index in [0.717, 1.165) is 72.8 Å². The predicted molar refractivity (Wildman–Crippen MR) is 287 cm³/mol. The fourth-order valence-electron chi connectivity index (χ4n) is 8.77. The SMILES string of the molecule is FC(F)(F)c1cccc(C(=C2C#CC(=C(c3ccccc3)c3ccccc3)C#CC(=C(c3cccc(C(F)(F)F)c3)c3cccc(C(F)(F)F)c3)C#CC(=C(c3ccccc3)c3ccccc3)C#C2)c2cccc(C(F)(F)F)c2)c1. The van der Waals surface area contributed by atoms with E-state index in [-0.39, 0.29) is 55.7 Å². The quantitative estimate of drug-likeness (QED) is 0.105. The highest BCUT2D eigenvalue weighted by atomic mass is 19.4. The van der Waals surface area contributed by atoms with E-state index < -0.39 is 47.0 Å². The third kappa shape index (κ3) is 12.9. The molecular weight excluding hydrogens is 1040 g/mol. The van der Waals surface area contributed by atoms with Crippen molar-refractivity contribution < 1.29 is 52.7 Å². The van der Waals surface area contributed by atoms with E-state index in [1.807, 2.05) is 0 Å². The fraction of sp³-hybridized carbons (Fsp3) is 0.0588. The molecule has 9 rings (SSSR count). The molecule has 1 aliphatic carbocycles. The van der Waals surface area contributed by atoms with Gasteiger partial charge >= 0.3 is 24.7 Å². The van der Waals surface area contributed by atoms with Crippen molar-refractivity contribution in [1.82, 2.24) is 0 Å². The molecule has 0 radical (unpaired) electrons. The van der Waals surface area contributed by atoms with Crippen molar-refractivity contribution in [2.75, 3.05) is 0 Å². The Bertz CT molecular complexity index is 3510. The summed E-state index contributed by atoms with van der Waals surface area (Å²) in [5, 5.41) is 0. The Morgan fingerprint density at radius 1 is 0.200 bits per heavy atom. The molecule has 0 amide bonds. The van der Waals surface area contributed by atoms with Crippen LogP contribution in [0.25, 0.3) is 22.3 Å². The third-order valence-corrected chi connectivity index (χ3v) is 12.4. The summed E-state index contributed by atoms with van der Waals surface area (Å²) in [6, 6.07) is 50.3. The van der Waals surface area contributed by atoms with Gasteiger partial charge in [-0.15, -0.1) is 0 Å². The van der Waals surface area contributed by atoms with E-state index >= 15 is 0 Å². The maximum absolute atomic E-state index is 14.6. The second-order valence-corrected chi connectivity index (χ2v) is 17.8. The van der Waals surface area contributed by atoms with Crippen molar-refractivity contribution >= 4 is 22.3 Å². The second kappa shape index (κ2) is 23.0. The van der Waals surface area contributed by atoms with Crippen LogP contribution in [0.4, 0.5) is 52.7 Å².